The quantitative estimate of drug-likeness (QED) is 0.190. The number of hydrogen-bond donors (Lipinski definition) is 0. The van der Waals surface area contributed by atoms with Crippen LogP contribution in [0, 0.1) is 0 Å². The predicted molar refractivity (Wildman–Crippen MR) is 197 cm³/mol. The molecule has 1 amide bonds. The van der Waals surface area contributed by atoms with E-state index in [0.29, 0.717) is 12.2 Å². The first kappa shape index (κ1) is 33.0. The molecular weight excluding hydrogens is 592 g/mol. The van der Waals surface area contributed by atoms with Gasteiger partial charge in [0, 0.05) is 57.8 Å². The SMILES string of the molecule is CN(C)c1ccc(P(C[C@@H]2C[C@H](P(c3ccccc3)c3ccccc3)CN2C(=O)OC(C)(C)C)c2ccc(N(C)C)cc2)cc1. The lowest BCUT2D eigenvalue weighted by Gasteiger charge is -2.31. The van der Waals surface area contributed by atoms with E-state index in [0.717, 1.165) is 12.6 Å². The zero-order valence-corrected chi connectivity index (χ0v) is 29.5. The monoisotopic (exact) mass is 639 g/mol. The zero-order chi connectivity index (χ0) is 32.1. The fourth-order valence-electron chi connectivity index (χ4n) is 5.98. The van der Waals surface area contributed by atoms with Crippen molar-refractivity contribution in [3.63, 3.8) is 0 Å². The van der Waals surface area contributed by atoms with Crippen LogP contribution in [0.5, 0.6) is 0 Å². The fraction of sp³-hybridized carbons (Fsp3) is 0.342. The molecule has 45 heavy (non-hydrogen) atoms. The number of hydrogen-bond acceptors (Lipinski definition) is 4. The number of likely N-dealkylation sites (tertiary alicyclic amines) is 1. The fourth-order valence-corrected chi connectivity index (χ4v) is 11.4. The van der Waals surface area contributed by atoms with Crippen molar-refractivity contribution in [2.24, 2.45) is 0 Å². The summed E-state index contributed by atoms with van der Waals surface area (Å²) in [5.41, 5.74) is 2.14. The van der Waals surface area contributed by atoms with Gasteiger partial charge in [0.15, 0.2) is 0 Å². The van der Waals surface area contributed by atoms with E-state index in [1.807, 2.05) is 20.8 Å². The Bertz CT molecular complexity index is 1430. The molecule has 1 aliphatic rings. The zero-order valence-electron chi connectivity index (χ0n) is 27.7. The van der Waals surface area contributed by atoms with E-state index in [9.17, 15) is 4.79 Å². The third kappa shape index (κ3) is 8.26. The molecule has 236 valence electrons. The number of carbonyl (C=O) groups is 1. The molecule has 0 aliphatic carbocycles. The summed E-state index contributed by atoms with van der Waals surface area (Å²) >= 11 is 0. The molecule has 0 spiro atoms. The van der Waals surface area contributed by atoms with Gasteiger partial charge in [0.2, 0.25) is 0 Å². The molecular formula is C38H47N3O2P2. The van der Waals surface area contributed by atoms with Crippen molar-refractivity contribution in [3.8, 4) is 0 Å². The van der Waals surface area contributed by atoms with Crippen molar-refractivity contribution in [1.82, 2.24) is 4.90 Å². The van der Waals surface area contributed by atoms with Crippen molar-refractivity contribution in [3.05, 3.63) is 109 Å². The second kappa shape index (κ2) is 14.4. The topological polar surface area (TPSA) is 36.0 Å². The van der Waals surface area contributed by atoms with Crippen molar-refractivity contribution in [2.45, 2.75) is 44.5 Å². The first-order chi connectivity index (χ1) is 21.5. The Balaban J connectivity index is 1.54. The van der Waals surface area contributed by atoms with Crippen LogP contribution in [0.25, 0.3) is 0 Å². The first-order valence-electron chi connectivity index (χ1n) is 15.7. The maximum Gasteiger partial charge on any atom is 0.410 e. The molecule has 1 heterocycles. The van der Waals surface area contributed by atoms with Crippen LogP contribution in [-0.4, -0.2) is 69.2 Å². The first-order valence-corrected chi connectivity index (χ1v) is 18.7. The highest BCUT2D eigenvalue weighted by molar-refractivity contribution is 7.74. The molecule has 0 saturated carbocycles. The van der Waals surface area contributed by atoms with Crippen LogP contribution in [0.2, 0.25) is 0 Å². The van der Waals surface area contributed by atoms with Crippen molar-refractivity contribution in [1.29, 1.82) is 0 Å². The minimum Gasteiger partial charge on any atom is -0.444 e. The molecule has 0 radical (unpaired) electrons. The minimum atomic E-state index is -0.736. The molecule has 0 bridgehead atoms. The van der Waals surface area contributed by atoms with Gasteiger partial charge < -0.3 is 19.4 Å². The number of rotatable bonds is 9. The summed E-state index contributed by atoms with van der Waals surface area (Å²) in [6.07, 6.45) is 1.63. The number of amides is 1. The van der Waals surface area contributed by atoms with E-state index in [4.69, 9.17) is 4.74 Å². The average Bonchev–Trinajstić information content (AvgIpc) is 3.44. The van der Waals surface area contributed by atoms with Crippen LogP contribution in [0.3, 0.4) is 0 Å². The molecule has 7 heteroatoms. The minimum absolute atomic E-state index is 0.0652. The summed E-state index contributed by atoms with van der Waals surface area (Å²) in [5, 5.41) is 5.37. The van der Waals surface area contributed by atoms with Gasteiger partial charge in [-0.25, -0.2) is 4.79 Å². The van der Waals surface area contributed by atoms with Crippen LogP contribution >= 0.6 is 15.8 Å². The third-order valence-corrected chi connectivity index (χ3v) is 13.6. The smallest absolute Gasteiger partial charge is 0.410 e. The van der Waals surface area contributed by atoms with E-state index in [1.165, 1.54) is 32.6 Å². The predicted octanol–water partition coefficient (Wildman–Crippen LogP) is 6.76. The Morgan fingerprint density at radius 2 is 1.16 bits per heavy atom. The third-order valence-electron chi connectivity index (χ3n) is 8.20. The summed E-state index contributed by atoms with van der Waals surface area (Å²) in [4.78, 5) is 20.3. The van der Waals surface area contributed by atoms with E-state index >= 15 is 0 Å². The van der Waals surface area contributed by atoms with Crippen molar-refractivity contribution >= 4 is 54.5 Å². The number of ether oxygens (including phenoxy) is 1. The van der Waals surface area contributed by atoms with Crippen molar-refractivity contribution in [2.75, 3.05) is 50.7 Å². The Hall–Kier alpha value is -3.39. The van der Waals surface area contributed by atoms with Gasteiger partial charge in [0.25, 0.3) is 0 Å². The van der Waals surface area contributed by atoms with Crippen LogP contribution in [-0.2, 0) is 4.74 Å². The van der Waals surface area contributed by atoms with Gasteiger partial charge in [-0.1, -0.05) is 84.9 Å². The van der Waals surface area contributed by atoms with Crippen LogP contribution < -0.4 is 31.0 Å². The summed E-state index contributed by atoms with van der Waals surface area (Å²) in [6.45, 7) is 6.57. The van der Waals surface area contributed by atoms with Gasteiger partial charge in [-0.3, -0.25) is 0 Å². The molecule has 1 fully saturated rings. The van der Waals surface area contributed by atoms with Gasteiger partial charge in [-0.05, 0) is 94.7 Å². The number of nitrogens with zero attached hydrogens (tertiary/aromatic N) is 3. The van der Waals surface area contributed by atoms with E-state index in [1.54, 1.807) is 0 Å². The maximum absolute atomic E-state index is 13.9. The van der Waals surface area contributed by atoms with Gasteiger partial charge in [0.05, 0.1) is 0 Å². The van der Waals surface area contributed by atoms with Crippen LogP contribution in [0.15, 0.2) is 109 Å². The lowest BCUT2D eigenvalue weighted by atomic mass is 10.2. The number of anilines is 2. The van der Waals surface area contributed by atoms with Crippen LogP contribution in [0.4, 0.5) is 16.2 Å². The summed E-state index contributed by atoms with van der Waals surface area (Å²) < 4.78 is 6.06. The molecule has 4 aromatic rings. The van der Waals surface area contributed by atoms with Gasteiger partial charge in [-0.2, -0.15) is 0 Å². The molecule has 5 rings (SSSR count). The largest absolute Gasteiger partial charge is 0.444 e. The van der Waals surface area contributed by atoms with Gasteiger partial charge in [0.1, 0.15) is 5.60 Å². The highest BCUT2D eigenvalue weighted by Gasteiger charge is 2.42. The summed E-state index contributed by atoms with van der Waals surface area (Å²) in [6, 6.07) is 39.8. The number of carbonyl (C=O) groups excluding carboxylic acids is 1. The van der Waals surface area contributed by atoms with E-state index < -0.39 is 21.4 Å². The van der Waals surface area contributed by atoms with E-state index in [2.05, 4.69) is 152 Å². The van der Waals surface area contributed by atoms with Gasteiger partial charge >= 0.3 is 6.09 Å². The summed E-state index contributed by atoms with van der Waals surface area (Å²) in [7, 11) is 6.90. The molecule has 4 aromatic carbocycles. The molecule has 0 unspecified atom stereocenters. The second-order valence-corrected chi connectivity index (χ2v) is 17.9. The Kier molecular flexibility index (Phi) is 10.5. The van der Waals surface area contributed by atoms with Crippen molar-refractivity contribution < 1.29 is 9.53 Å². The van der Waals surface area contributed by atoms with Gasteiger partial charge in [-0.15, -0.1) is 0 Å². The molecule has 5 nitrogen and oxygen atoms in total. The lowest BCUT2D eigenvalue weighted by Crippen LogP contribution is -2.42. The summed E-state index contributed by atoms with van der Waals surface area (Å²) in [5.74, 6) is 0. The van der Waals surface area contributed by atoms with E-state index in [-0.39, 0.29) is 12.1 Å². The molecule has 0 aromatic heterocycles. The maximum atomic E-state index is 13.9. The normalized spacial score (nSPS) is 16.7. The second-order valence-electron chi connectivity index (χ2n) is 13.1. The Labute approximate surface area is 272 Å². The number of benzene rings is 4. The molecule has 1 aliphatic heterocycles. The Morgan fingerprint density at radius 3 is 1.56 bits per heavy atom. The lowest BCUT2D eigenvalue weighted by molar-refractivity contribution is 0.0242. The molecule has 0 N–H and O–H groups in total. The highest BCUT2D eigenvalue weighted by Crippen LogP contribution is 2.48. The van der Waals surface area contributed by atoms with Crippen LogP contribution in [0.1, 0.15) is 27.2 Å². The Morgan fingerprint density at radius 1 is 0.711 bits per heavy atom. The highest BCUT2D eigenvalue weighted by atomic mass is 31.1. The molecule has 1 saturated heterocycles. The average molecular weight is 640 g/mol. The standard InChI is InChI=1S/C38H47N3O2P2/c1-38(2,3)43-37(42)41-27-36(45(34-14-10-8-11-15-34)35-16-12-9-13-17-35)26-31(41)28-44(32-22-18-29(19-23-32)39(4)5)33-24-20-30(21-25-33)40(6)7/h8-25,31,36H,26-28H2,1-7H3/t31-,36-/m0/s1. The molecule has 2 atom stereocenters.